The molecule has 10 heteroatoms. The fraction of sp³-hybridized carbons (Fsp3) is 0.444. The number of nitrogens with zero attached hydrogens (tertiary/aromatic N) is 5. The van der Waals surface area contributed by atoms with E-state index in [-0.39, 0.29) is 11.5 Å². The van der Waals surface area contributed by atoms with Crippen molar-refractivity contribution in [3.05, 3.63) is 42.1 Å². The number of carboxylic acid groups (broad SMARTS) is 1. The molecular formula is C18H23N5O4S. The van der Waals surface area contributed by atoms with Crippen LogP contribution in [-0.2, 0) is 16.6 Å². The van der Waals surface area contributed by atoms with Crippen molar-refractivity contribution in [2.45, 2.75) is 19.3 Å². The molecule has 1 saturated heterocycles. The van der Waals surface area contributed by atoms with Crippen LogP contribution in [0, 0.1) is 5.92 Å². The van der Waals surface area contributed by atoms with Gasteiger partial charge in [-0.05, 0) is 31.2 Å². The van der Waals surface area contributed by atoms with Gasteiger partial charge in [-0.1, -0.05) is 0 Å². The maximum atomic E-state index is 12.3. The molecule has 1 N–H and O–H groups in total. The molecule has 1 aliphatic rings. The number of aromatic carboxylic acids is 1. The molecule has 3 heterocycles. The van der Waals surface area contributed by atoms with E-state index < -0.39 is 16.2 Å². The molecule has 0 aromatic carbocycles. The highest BCUT2D eigenvalue weighted by atomic mass is 32.2. The second-order valence-electron chi connectivity index (χ2n) is 7.02. The Hall–Kier alpha value is -2.43. The van der Waals surface area contributed by atoms with Crippen LogP contribution in [0.5, 0.6) is 0 Å². The topological polar surface area (TPSA) is 117 Å². The fourth-order valence-corrected chi connectivity index (χ4v) is 4.46. The van der Waals surface area contributed by atoms with Crippen LogP contribution in [0.15, 0.2) is 30.9 Å². The molecule has 3 rings (SSSR count). The van der Waals surface area contributed by atoms with Gasteiger partial charge in [0.2, 0.25) is 0 Å². The average molecular weight is 405 g/mol. The molecule has 28 heavy (non-hydrogen) atoms. The zero-order valence-corrected chi connectivity index (χ0v) is 16.6. The Morgan fingerprint density at radius 3 is 2.68 bits per heavy atom. The van der Waals surface area contributed by atoms with Crippen molar-refractivity contribution < 1.29 is 18.3 Å². The minimum absolute atomic E-state index is 0.0905. The van der Waals surface area contributed by atoms with E-state index in [1.165, 1.54) is 35.0 Å². The maximum Gasteiger partial charge on any atom is 0.337 e. The highest BCUT2D eigenvalue weighted by Gasteiger charge is 2.30. The molecular weight excluding hydrogens is 382 g/mol. The van der Waals surface area contributed by atoms with Crippen LogP contribution in [-0.4, -0.2) is 70.2 Å². The van der Waals surface area contributed by atoms with Gasteiger partial charge in [-0.2, -0.15) is 17.0 Å². The van der Waals surface area contributed by atoms with Gasteiger partial charge < -0.3 is 5.11 Å². The van der Waals surface area contributed by atoms with Crippen LogP contribution in [0.2, 0.25) is 0 Å². The number of hydrogen-bond donors (Lipinski definition) is 1. The summed E-state index contributed by atoms with van der Waals surface area (Å²) in [6.07, 6.45) is 8.47. The molecule has 0 amide bonds. The molecule has 0 spiro atoms. The van der Waals surface area contributed by atoms with Gasteiger partial charge in [0, 0.05) is 51.3 Å². The van der Waals surface area contributed by atoms with Gasteiger partial charge in [0.1, 0.15) is 0 Å². The molecule has 2 aromatic heterocycles. The summed E-state index contributed by atoms with van der Waals surface area (Å²) in [5.41, 5.74) is 1.99. The molecule has 0 radical (unpaired) electrons. The van der Waals surface area contributed by atoms with Gasteiger partial charge >= 0.3 is 5.97 Å². The number of piperidine rings is 1. The van der Waals surface area contributed by atoms with Crippen molar-refractivity contribution in [2.24, 2.45) is 5.92 Å². The highest BCUT2D eigenvalue weighted by Crippen LogP contribution is 2.23. The third-order valence-corrected chi connectivity index (χ3v) is 6.66. The van der Waals surface area contributed by atoms with Crippen molar-refractivity contribution in [1.82, 2.24) is 23.6 Å². The second kappa shape index (κ2) is 8.29. The van der Waals surface area contributed by atoms with Gasteiger partial charge in [0.25, 0.3) is 10.2 Å². The standard InChI is InChI=1S/C18H23N5O4S/c1-22(2)28(26,27)23-5-3-4-13(12-23)6-16-10-21-17(11-20-16)14-7-15(18(24)25)9-19-8-14/h7-11,13H,3-6,12H2,1-2H3,(H,24,25)/t13-/m1/s1. The second-order valence-corrected chi connectivity index (χ2v) is 9.16. The summed E-state index contributed by atoms with van der Waals surface area (Å²) in [5.74, 6) is -0.867. The molecule has 1 atom stereocenters. The number of pyridine rings is 1. The molecule has 0 unspecified atom stereocenters. The van der Waals surface area contributed by atoms with E-state index >= 15 is 0 Å². The predicted octanol–water partition coefficient (Wildman–Crippen LogP) is 1.30. The number of hydrogen-bond acceptors (Lipinski definition) is 6. The molecule has 1 fully saturated rings. The Bertz CT molecular complexity index is 947. The molecule has 0 bridgehead atoms. The highest BCUT2D eigenvalue weighted by molar-refractivity contribution is 7.86. The Kier molecular flexibility index (Phi) is 6.01. The summed E-state index contributed by atoms with van der Waals surface area (Å²) < 4.78 is 27.4. The number of rotatable bonds is 6. The normalized spacial score (nSPS) is 18.3. The Labute approximate surface area is 164 Å². The maximum absolute atomic E-state index is 12.3. The Morgan fingerprint density at radius 1 is 1.25 bits per heavy atom. The van der Waals surface area contributed by atoms with Gasteiger partial charge in [-0.15, -0.1) is 0 Å². The minimum atomic E-state index is -3.40. The number of aromatic nitrogens is 3. The molecule has 1 aliphatic heterocycles. The summed E-state index contributed by atoms with van der Waals surface area (Å²) in [6, 6.07) is 1.50. The fourth-order valence-electron chi connectivity index (χ4n) is 3.24. The quantitative estimate of drug-likeness (QED) is 0.770. The van der Waals surface area contributed by atoms with Crippen LogP contribution >= 0.6 is 0 Å². The van der Waals surface area contributed by atoms with E-state index in [4.69, 9.17) is 5.11 Å². The molecule has 150 valence electrons. The lowest BCUT2D eigenvalue weighted by atomic mass is 9.95. The van der Waals surface area contributed by atoms with Crippen LogP contribution in [0.25, 0.3) is 11.3 Å². The average Bonchev–Trinajstić information content (AvgIpc) is 2.69. The van der Waals surface area contributed by atoms with Gasteiger partial charge in [-0.25, -0.2) is 4.79 Å². The van der Waals surface area contributed by atoms with Crippen LogP contribution in [0.4, 0.5) is 0 Å². The van der Waals surface area contributed by atoms with E-state index in [0.29, 0.717) is 30.8 Å². The number of carbonyl (C=O) groups is 1. The summed E-state index contributed by atoms with van der Waals surface area (Å²) in [6.45, 7) is 1.00. The van der Waals surface area contributed by atoms with E-state index in [0.717, 1.165) is 18.5 Å². The first kappa shape index (κ1) is 20.3. The third kappa shape index (κ3) is 4.51. The number of carboxylic acids is 1. The van der Waals surface area contributed by atoms with E-state index in [2.05, 4.69) is 15.0 Å². The monoisotopic (exact) mass is 405 g/mol. The Morgan fingerprint density at radius 2 is 2.04 bits per heavy atom. The summed E-state index contributed by atoms with van der Waals surface area (Å²) >= 11 is 0. The molecule has 0 saturated carbocycles. The summed E-state index contributed by atoms with van der Waals surface area (Å²) in [5, 5.41) is 9.07. The molecule has 9 nitrogen and oxygen atoms in total. The van der Waals surface area contributed by atoms with Crippen LogP contribution in [0.1, 0.15) is 28.9 Å². The summed E-state index contributed by atoms with van der Waals surface area (Å²) in [4.78, 5) is 23.8. The van der Waals surface area contributed by atoms with E-state index in [1.807, 2.05) is 0 Å². The third-order valence-electron chi connectivity index (χ3n) is 4.75. The van der Waals surface area contributed by atoms with Gasteiger partial charge in [0.05, 0.1) is 23.1 Å². The zero-order chi connectivity index (χ0) is 20.3. The van der Waals surface area contributed by atoms with Crippen molar-refractivity contribution >= 4 is 16.2 Å². The van der Waals surface area contributed by atoms with E-state index in [9.17, 15) is 13.2 Å². The predicted molar refractivity (Wildman–Crippen MR) is 103 cm³/mol. The van der Waals surface area contributed by atoms with Crippen LogP contribution < -0.4 is 0 Å². The zero-order valence-electron chi connectivity index (χ0n) is 15.8. The van der Waals surface area contributed by atoms with Crippen LogP contribution in [0.3, 0.4) is 0 Å². The first-order chi connectivity index (χ1) is 13.3. The molecule has 2 aromatic rings. The van der Waals surface area contributed by atoms with Crippen molar-refractivity contribution in [3.8, 4) is 11.3 Å². The largest absolute Gasteiger partial charge is 0.478 e. The minimum Gasteiger partial charge on any atom is -0.478 e. The lowest BCUT2D eigenvalue weighted by Crippen LogP contribution is -2.45. The summed E-state index contributed by atoms with van der Waals surface area (Å²) in [7, 11) is -0.325. The van der Waals surface area contributed by atoms with Crippen molar-refractivity contribution in [1.29, 1.82) is 0 Å². The van der Waals surface area contributed by atoms with Gasteiger partial charge in [-0.3, -0.25) is 15.0 Å². The van der Waals surface area contributed by atoms with Crippen molar-refractivity contribution in [2.75, 3.05) is 27.2 Å². The van der Waals surface area contributed by atoms with E-state index in [1.54, 1.807) is 18.6 Å². The Balaban J connectivity index is 1.69. The lowest BCUT2D eigenvalue weighted by molar-refractivity contribution is 0.0696. The van der Waals surface area contributed by atoms with Crippen molar-refractivity contribution in [3.63, 3.8) is 0 Å². The lowest BCUT2D eigenvalue weighted by Gasteiger charge is -2.33. The molecule has 0 aliphatic carbocycles. The smallest absolute Gasteiger partial charge is 0.337 e. The SMILES string of the molecule is CN(C)S(=O)(=O)N1CCC[C@H](Cc2cnc(-c3cncc(C(=O)O)c3)cn2)C1. The first-order valence-corrected chi connectivity index (χ1v) is 10.3. The first-order valence-electron chi connectivity index (χ1n) is 8.94. The van der Waals surface area contributed by atoms with Gasteiger partial charge in [0.15, 0.2) is 0 Å².